The first kappa shape index (κ1) is 21.6. The fraction of sp³-hybridized carbons (Fsp3) is 0.238. The first-order valence-electron chi connectivity index (χ1n) is 9.00. The number of carbonyl (C=O) groups excluding carboxylic acids is 1. The molecule has 0 radical (unpaired) electrons. The van der Waals surface area contributed by atoms with Crippen LogP contribution >= 0.6 is 11.3 Å². The number of methoxy groups -OCH3 is 1. The van der Waals surface area contributed by atoms with Crippen LogP contribution in [-0.4, -0.2) is 24.6 Å². The molecule has 0 spiro atoms. The van der Waals surface area contributed by atoms with Crippen molar-refractivity contribution in [3.05, 3.63) is 58.6 Å². The van der Waals surface area contributed by atoms with Crippen LogP contribution in [-0.2, 0) is 6.18 Å². The summed E-state index contributed by atoms with van der Waals surface area (Å²) in [4.78, 5) is 17.4. The van der Waals surface area contributed by atoms with Gasteiger partial charge in [0.1, 0.15) is 9.88 Å². The van der Waals surface area contributed by atoms with Gasteiger partial charge in [0.25, 0.3) is 5.91 Å². The topological polar surface area (TPSA) is 60.5 Å². The number of alkyl halides is 3. The van der Waals surface area contributed by atoms with E-state index >= 15 is 0 Å². The molecule has 2 aromatic carbocycles. The van der Waals surface area contributed by atoms with E-state index < -0.39 is 11.7 Å². The third-order valence-electron chi connectivity index (χ3n) is 4.18. The van der Waals surface area contributed by atoms with Crippen molar-refractivity contribution in [2.75, 3.05) is 19.0 Å². The largest absolute Gasteiger partial charge is 0.493 e. The number of nitrogens with one attached hydrogen (secondary N) is 1. The highest BCUT2D eigenvalue weighted by Crippen LogP contribution is 2.34. The molecule has 158 valence electrons. The molecule has 1 N–H and O–H groups in total. The fourth-order valence-electron chi connectivity index (χ4n) is 2.74. The van der Waals surface area contributed by atoms with Crippen molar-refractivity contribution in [1.82, 2.24) is 4.98 Å². The van der Waals surface area contributed by atoms with Gasteiger partial charge in [-0.25, -0.2) is 4.98 Å². The van der Waals surface area contributed by atoms with Crippen LogP contribution in [0.15, 0.2) is 42.5 Å². The number of carbonyl (C=O) groups is 1. The van der Waals surface area contributed by atoms with Gasteiger partial charge < -0.3 is 14.8 Å². The quantitative estimate of drug-likeness (QED) is 0.531. The molecule has 5 nitrogen and oxygen atoms in total. The number of ether oxygens (including phenoxy) is 2. The smallest absolute Gasteiger partial charge is 0.416 e. The highest BCUT2D eigenvalue weighted by atomic mass is 32.1. The highest BCUT2D eigenvalue weighted by molar-refractivity contribution is 7.17. The lowest BCUT2D eigenvalue weighted by atomic mass is 10.1. The van der Waals surface area contributed by atoms with Crippen LogP contribution in [0.5, 0.6) is 11.5 Å². The molecule has 0 unspecified atom stereocenters. The number of thiazole rings is 1. The molecule has 0 bridgehead atoms. The zero-order valence-corrected chi connectivity index (χ0v) is 17.3. The highest BCUT2D eigenvalue weighted by Gasteiger charge is 2.30. The number of aromatic nitrogens is 1. The first-order valence-corrected chi connectivity index (χ1v) is 9.81. The Morgan fingerprint density at radius 2 is 1.83 bits per heavy atom. The van der Waals surface area contributed by atoms with E-state index in [1.807, 2.05) is 6.92 Å². The molecular formula is C21H19F3N2O3S. The van der Waals surface area contributed by atoms with Gasteiger partial charge in [0, 0.05) is 17.3 Å². The third-order valence-corrected chi connectivity index (χ3v) is 5.39. The Morgan fingerprint density at radius 1 is 1.13 bits per heavy atom. The Balaban J connectivity index is 1.80. The summed E-state index contributed by atoms with van der Waals surface area (Å²) in [6.07, 6.45) is -4.40. The van der Waals surface area contributed by atoms with Gasteiger partial charge in [-0.2, -0.15) is 13.2 Å². The van der Waals surface area contributed by atoms with E-state index in [1.54, 1.807) is 25.1 Å². The zero-order valence-electron chi connectivity index (χ0n) is 16.5. The normalized spacial score (nSPS) is 11.3. The van der Waals surface area contributed by atoms with Crippen LogP contribution in [0.2, 0.25) is 0 Å². The molecule has 0 aliphatic heterocycles. The van der Waals surface area contributed by atoms with Crippen molar-refractivity contribution in [1.29, 1.82) is 0 Å². The summed E-state index contributed by atoms with van der Waals surface area (Å²) in [5.74, 6) is 0.687. The van der Waals surface area contributed by atoms with Gasteiger partial charge in [0.05, 0.1) is 25.0 Å². The van der Waals surface area contributed by atoms with Crippen LogP contribution in [0, 0.1) is 6.92 Å². The zero-order chi connectivity index (χ0) is 21.9. The van der Waals surface area contributed by atoms with Gasteiger partial charge in [-0.15, -0.1) is 11.3 Å². The van der Waals surface area contributed by atoms with Crippen molar-refractivity contribution in [2.45, 2.75) is 20.0 Å². The molecule has 3 rings (SSSR count). The number of aryl methyl sites for hydroxylation is 1. The van der Waals surface area contributed by atoms with E-state index in [9.17, 15) is 18.0 Å². The predicted molar refractivity (Wildman–Crippen MR) is 109 cm³/mol. The van der Waals surface area contributed by atoms with Crippen molar-refractivity contribution >= 4 is 22.9 Å². The number of hydrogen-bond acceptors (Lipinski definition) is 5. The lowest BCUT2D eigenvalue weighted by molar-refractivity contribution is -0.137. The minimum atomic E-state index is -4.40. The van der Waals surface area contributed by atoms with E-state index in [-0.39, 0.29) is 5.91 Å². The number of nitrogens with zero attached hydrogens (tertiary/aromatic N) is 1. The molecule has 3 aromatic rings. The molecule has 0 saturated heterocycles. The summed E-state index contributed by atoms with van der Waals surface area (Å²) >= 11 is 1.11. The molecule has 0 saturated carbocycles. The molecule has 1 aromatic heterocycles. The SMILES string of the molecule is CCOc1ccc(NC(=O)c2sc(-c3ccc(C(F)(F)F)cc3)nc2C)cc1OC. The first-order chi connectivity index (χ1) is 14.2. The molecule has 0 aliphatic rings. The Labute approximate surface area is 175 Å². The second-order valence-electron chi connectivity index (χ2n) is 6.26. The average molecular weight is 436 g/mol. The van der Waals surface area contributed by atoms with Crippen LogP contribution < -0.4 is 14.8 Å². The number of rotatable bonds is 6. The van der Waals surface area contributed by atoms with Crippen LogP contribution in [0.1, 0.15) is 27.9 Å². The maximum absolute atomic E-state index is 12.7. The van der Waals surface area contributed by atoms with E-state index in [0.29, 0.717) is 44.9 Å². The lowest BCUT2D eigenvalue weighted by Gasteiger charge is -2.11. The molecule has 0 atom stereocenters. The molecule has 1 amide bonds. The summed E-state index contributed by atoms with van der Waals surface area (Å²) < 4.78 is 49.0. The number of amides is 1. The molecule has 30 heavy (non-hydrogen) atoms. The summed E-state index contributed by atoms with van der Waals surface area (Å²) in [5.41, 5.74) is 0.786. The van der Waals surface area contributed by atoms with E-state index in [2.05, 4.69) is 10.3 Å². The molecule has 0 aliphatic carbocycles. The second kappa shape index (κ2) is 8.74. The number of anilines is 1. The van der Waals surface area contributed by atoms with Crippen molar-refractivity contribution in [3.8, 4) is 22.1 Å². The Kier molecular flexibility index (Phi) is 6.31. The number of halogens is 3. The van der Waals surface area contributed by atoms with Crippen LogP contribution in [0.3, 0.4) is 0 Å². The maximum atomic E-state index is 12.7. The van der Waals surface area contributed by atoms with Crippen LogP contribution in [0.4, 0.5) is 18.9 Å². The van der Waals surface area contributed by atoms with E-state index in [4.69, 9.17) is 9.47 Å². The summed E-state index contributed by atoms with van der Waals surface area (Å²) in [6.45, 7) is 4.02. The molecular weight excluding hydrogens is 417 g/mol. The summed E-state index contributed by atoms with van der Waals surface area (Å²) in [5, 5.41) is 3.25. The molecule has 0 fully saturated rings. The minimum Gasteiger partial charge on any atom is -0.493 e. The number of hydrogen-bond donors (Lipinski definition) is 1. The fourth-order valence-corrected chi connectivity index (χ4v) is 3.71. The van der Waals surface area contributed by atoms with Gasteiger partial charge >= 0.3 is 6.18 Å². The maximum Gasteiger partial charge on any atom is 0.416 e. The van der Waals surface area contributed by atoms with Crippen molar-refractivity contribution in [3.63, 3.8) is 0 Å². The summed E-state index contributed by atoms with van der Waals surface area (Å²) in [6, 6.07) is 9.73. The molecule has 1 heterocycles. The standard InChI is InChI=1S/C21H19F3N2O3S/c1-4-29-16-10-9-15(11-17(16)28-3)26-19(27)18-12(2)25-20(30-18)13-5-7-14(8-6-13)21(22,23)24/h5-11H,4H2,1-3H3,(H,26,27). The average Bonchev–Trinajstić information content (AvgIpc) is 3.10. The third kappa shape index (κ3) is 4.73. The van der Waals surface area contributed by atoms with Gasteiger partial charge in [0.2, 0.25) is 0 Å². The molecule has 9 heteroatoms. The van der Waals surface area contributed by atoms with Crippen LogP contribution in [0.25, 0.3) is 10.6 Å². The number of benzene rings is 2. The summed E-state index contributed by atoms with van der Waals surface area (Å²) in [7, 11) is 1.51. The van der Waals surface area contributed by atoms with Crippen molar-refractivity contribution in [2.24, 2.45) is 0 Å². The van der Waals surface area contributed by atoms with Gasteiger partial charge in [0.15, 0.2) is 11.5 Å². The van der Waals surface area contributed by atoms with E-state index in [1.165, 1.54) is 19.2 Å². The lowest BCUT2D eigenvalue weighted by Crippen LogP contribution is -2.11. The Hall–Kier alpha value is -3.07. The van der Waals surface area contributed by atoms with Crippen molar-refractivity contribution < 1.29 is 27.4 Å². The van der Waals surface area contributed by atoms with Gasteiger partial charge in [-0.05, 0) is 38.1 Å². The monoisotopic (exact) mass is 436 g/mol. The Bertz CT molecular complexity index is 1050. The minimum absolute atomic E-state index is 0.366. The second-order valence-corrected chi connectivity index (χ2v) is 7.26. The van der Waals surface area contributed by atoms with E-state index in [0.717, 1.165) is 23.5 Å². The predicted octanol–water partition coefficient (Wildman–Crippen LogP) is 5.80. The Morgan fingerprint density at radius 3 is 2.43 bits per heavy atom. The van der Waals surface area contributed by atoms with Gasteiger partial charge in [-0.1, -0.05) is 12.1 Å². The van der Waals surface area contributed by atoms with Gasteiger partial charge in [-0.3, -0.25) is 4.79 Å².